The molecule has 80 valence electrons. The van der Waals surface area contributed by atoms with E-state index < -0.39 is 10.0 Å². The Bertz CT molecular complexity index is 328. The maximum atomic E-state index is 11.5. The van der Waals surface area contributed by atoms with Gasteiger partial charge in [0.1, 0.15) is 0 Å². The molecule has 14 heavy (non-hydrogen) atoms. The van der Waals surface area contributed by atoms with Gasteiger partial charge >= 0.3 is 0 Å². The smallest absolute Gasteiger partial charge is 0.208 e. The number of sulfonamides is 1. The van der Waals surface area contributed by atoms with Gasteiger partial charge in [0.2, 0.25) is 10.0 Å². The molecule has 0 unspecified atom stereocenters. The van der Waals surface area contributed by atoms with Gasteiger partial charge < -0.3 is 0 Å². The zero-order valence-electron chi connectivity index (χ0n) is 8.41. The van der Waals surface area contributed by atoms with Gasteiger partial charge in [0.15, 0.2) is 0 Å². The van der Waals surface area contributed by atoms with E-state index in [2.05, 4.69) is 6.58 Å². The van der Waals surface area contributed by atoms with E-state index in [1.165, 1.54) is 25.7 Å². The van der Waals surface area contributed by atoms with E-state index in [0.717, 1.165) is 18.4 Å². The van der Waals surface area contributed by atoms with Crippen molar-refractivity contribution < 1.29 is 8.42 Å². The van der Waals surface area contributed by atoms with Gasteiger partial charge in [-0.05, 0) is 24.7 Å². The third kappa shape index (κ3) is 1.61. The molecule has 1 aliphatic carbocycles. The van der Waals surface area contributed by atoms with Gasteiger partial charge in [0.25, 0.3) is 0 Å². The van der Waals surface area contributed by atoms with Crippen LogP contribution in [0.2, 0.25) is 0 Å². The molecule has 4 heteroatoms. The highest BCUT2D eigenvalue weighted by molar-refractivity contribution is 7.92. The van der Waals surface area contributed by atoms with E-state index in [1.54, 1.807) is 4.31 Å². The van der Waals surface area contributed by atoms with Crippen molar-refractivity contribution in [3.05, 3.63) is 12.0 Å². The summed E-state index contributed by atoms with van der Waals surface area (Å²) in [6, 6.07) is 0. The summed E-state index contributed by atoms with van der Waals surface area (Å²) in [7, 11) is -3.16. The molecule has 3 nitrogen and oxygen atoms in total. The summed E-state index contributed by atoms with van der Waals surface area (Å²) in [6.07, 6.45) is 5.98. The lowest BCUT2D eigenvalue weighted by Crippen LogP contribution is -2.29. The molecule has 0 bridgehead atoms. The minimum Gasteiger partial charge on any atom is -0.208 e. The summed E-state index contributed by atoms with van der Waals surface area (Å²) in [6.45, 7) is 4.77. The number of rotatable bonds is 2. The predicted molar refractivity (Wildman–Crippen MR) is 56.2 cm³/mol. The molecule has 2 aliphatic rings. The van der Waals surface area contributed by atoms with Crippen molar-refractivity contribution in [3.63, 3.8) is 0 Å². The molecule has 0 aromatic heterocycles. The Hall–Kier alpha value is -0.350. The van der Waals surface area contributed by atoms with Crippen LogP contribution in [-0.2, 0) is 10.0 Å². The summed E-state index contributed by atoms with van der Waals surface area (Å²) in [4.78, 5) is 0. The number of nitrogens with zero attached hydrogens (tertiary/aromatic N) is 1. The first-order valence-corrected chi connectivity index (χ1v) is 6.71. The van der Waals surface area contributed by atoms with E-state index in [9.17, 15) is 8.42 Å². The molecule has 0 aromatic rings. The second-order valence-electron chi connectivity index (χ2n) is 4.50. The van der Waals surface area contributed by atoms with Crippen LogP contribution in [0.15, 0.2) is 12.0 Å². The van der Waals surface area contributed by atoms with E-state index in [4.69, 9.17) is 0 Å². The average Bonchev–Trinajstić information content (AvgIpc) is 2.78. The van der Waals surface area contributed by atoms with Crippen molar-refractivity contribution >= 4 is 10.0 Å². The first-order valence-electron chi connectivity index (χ1n) is 5.21. The summed E-state index contributed by atoms with van der Waals surface area (Å²) in [5.74, 6) is 0. The van der Waals surface area contributed by atoms with E-state index in [1.807, 2.05) is 0 Å². The van der Waals surface area contributed by atoms with Crippen LogP contribution in [0.1, 0.15) is 32.1 Å². The van der Waals surface area contributed by atoms with Gasteiger partial charge in [-0.25, -0.2) is 8.42 Å². The van der Waals surface area contributed by atoms with Crippen LogP contribution in [0, 0.1) is 5.41 Å². The highest BCUT2D eigenvalue weighted by atomic mass is 32.2. The van der Waals surface area contributed by atoms with Crippen molar-refractivity contribution in [2.75, 3.05) is 13.1 Å². The molecule has 1 aliphatic heterocycles. The Morgan fingerprint density at radius 1 is 1.21 bits per heavy atom. The molecule has 0 atom stereocenters. The molecule has 1 heterocycles. The lowest BCUT2D eigenvalue weighted by Gasteiger charge is -2.22. The van der Waals surface area contributed by atoms with Gasteiger partial charge in [-0.2, -0.15) is 4.31 Å². The van der Waals surface area contributed by atoms with Crippen LogP contribution >= 0.6 is 0 Å². The Balaban J connectivity index is 2.11. The topological polar surface area (TPSA) is 37.4 Å². The van der Waals surface area contributed by atoms with Gasteiger partial charge in [-0.1, -0.05) is 19.4 Å². The molecule has 1 spiro atoms. The molecule has 1 saturated heterocycles. The monoisotopic (exact) mass is 215 g/mol. The number of hydrogen-bond donors (Lipinski definition) is 0. The second kappa shape index (κ2) is 3.35. The highest BCUT2D eigenvalue weighted by Gasteiger charge is 2.43. The molecular weight excluding hydrogens is 198 g/mol. The van der Waals surface area contributed by atoms with Crippen molar-refractivity contribution in [3.8, 4) is 0 Å². The molecule has 0 amide bonds. The Kier molecular flexibility index (Phi) is 2.43. The van der Waals surface area contributed by atoms with Crippen LogP contribution in [0.5, 0.6) is 0 Å². The molecule has 2 rings (SSSR count). The first-order chi connectivity index (χ1) is 6.58. The van der Waals surface area contributed by atoms with Crippen molar-refractivity contribution in [2.24, 2.45) is 5.41 Å². The predicted octanol–water partition coefficient (Wildman–Crippen LogP) is 1.73. The molecular formula is C10H17NO2S. The van der Waals surface area contributed by atoms with Gasteiger partial charge in [-0.3, -0.25) is 0 Å². The lowest BCUT2D eigenvalue weighted by atomic mass is 9.86. The summed E-state index contributed by atoms with van der Waals surface area (Å²) in [5, 5.41) is 1.07. The third-order valence-corrected chi connectivity index (χ3v) is 5.09. The zero-order valence-corrected chi connectivity index (χ0v) is 9.22. The highest BCUT2D eigenvalue weighted by Crippen LogP contribution is 2.45. The van der Waals surface area contributed by atoms with Crippen molar-refractivity contribution in [1.29, 1.82) is 0 Å². The van der Waals surface area contributed by atoms with E-state index >= 15 is 0 Å². The summed E-state index contributed by atoms with van der Waals surface area (Å²) >= 11 is 0. The molecule has 0 radical (unpaired) electrons. The van der Waals surface area contributed by atoms with E-state index in [-0.39, 0.29) is 0 Å². The maximum absolute atomic E-state index is 11.5. The molecule has 2 fully saturated rings. The fraction of sp³-hybridized carbons (Fsp3) is 0.800. The summed E-state index contributed by atoms with van der Waals surface area (Å²) in [5.41, 5.74) is 0.316. The zero-order chi connectivity index (χ0) is 10.2. The second-order valence-corrected chi connectivity index (χ2v) is 6.38. The van der Waals surface area contributed by atoms with Gasteiger partial charge in [0.05, 0.1) is 0 Å². The standard InChI is InChI=1S/C10H17NO2S/c1-2-14(12,13)11-8-7-10(9-11)5-3-4-6-10/h2H,1,3-9H2. The fourth-order valence-corrected chi connectivity index (χ4v) is 3.76. The van der Waals surface area contributed by atoms with E-state index in [0.29, 0.717) is 12.0 Å². The van der Waals surface area contributed by atoms with Crippen LogP contribution < -0.4 is 0 Å². The molecule has 0 N–H and O–H groups in total. The fourth-order valence-electron chi connectivity index (χ4n) is 2.75. The van der Waals surface area contributed by atoms with Crippen molar-refractivity contribution in [2.45, 2.75) is 32.1 Å². The normalized spacial score (nSPS) is 27.1. The minimum absolute atomic E-state index is 0.316. The minimum atomic E-state index is -3.16. The largest absolute Gasteiger partial charge is 0.235 e. The van der Waals surface area contributed by atoms with Crippen LogP contribution in [0.25, 0.3) is 0 Å². The number of hydrogen-bond acceptors (Lipinski definition) is 2. The van der Waals surface area contributed by atoms with Crippen LogP contribution in [0.4, 0.5) is 0 Å². The van der Waals surface area contributed by atoms with Gasteiger partial charge in [-0.15, -0.1) is 0 Å². The lowest BCUT2D eigenvalue weighted by molar-refractivity contribution is 0.314. The summed E-state index contributed by atoms with van der Waals surface area (Å²) < 4.78 is 24.7. The van der Waals surface area contributed by atoms with Crippen LogP contribution in [-0.4, -0.2) is 25.8 Å². The Morgan fingerprint density at radius 2 is 1.86 bits per heavy atom. The molecule has 1 saturated carbocycles. The van der Waals surface area contributed by atoms with Gasteiger partial charge in [0, 0.05) is 18.5 Å². The SMILES string of the molecule is C=CS(=O)(=O)N1CCC2(CCCC2)C1. The van der Waals surface area contributed by atoms with Crippen molar-refractivity contribution in [1.82, 2.24) is 4.31 Å². The Morgan fingerprint density at radius 3 is 2.43 bits per heavy atom. The quantitative estimate of drug-likeness (QED) is 0.703. The third-order valence-electron chi connectivity index (χ3n) is 3.64. The Labute approximate surface area is 85.8 Å². The first kappa shape index (κ1) is 10.2. The average molecular weight is 215 g/mol. The maximum Gasteiger partial charge on any atom is 0.235 e. The van der Waals surface area contributed by atoms with Crippen LogP contribution in [0.3, 0.4) is 0 Å². The molecule has 0 aromatic carbocycles.